The lowest BCUT2D eigenvalue weighted by Crippen LogP contribution is -2.64. The lowest BCUT2D eigenvalue weighted by atomic mass is 9.92. The number of aliphatic hydroxyl groups is 1. The first kappa shape index (κ1) is 75.4. The van der Waals surface area contributed by atoms with Crippen LogP contribution >= 0.6 is 0 Å². The van der Waals surface area contributed by atoms with Crippen LogP contribution in [0.5, 0.6) is 0 Å². The number of carbonyl (C=O) groups is 11. The molecular formula is C62H110N10O13. The molecule has 0 bridgehead atoms. The van der Waals surface area contributed by atoms with Gasteiger partial charge in [-0.2, -0.15) is 0 Å². The molecule has 0 radical (unpaired) electrons. The molecule has 2 saturated heterocycles. The highest BCUT2D eigenvalue weighted by Crippen LogP contribution is 2.31. The first-order valence-electron chi connectivity index (χ1n) is 30.7. The van der Waals surface area contributed by atoms with Gasteiger partial charge in [-0.05, 0) is 80.0 Å². The Labute approximate surface area is 508 Å². The summed E-state index contributed by atoms with van der Waals surface area (Å²) in [6.45, 7) is 29.6. The Morgan fingerprint density at radius 2 is 0.859 bits per heavy atom. The van der Waals surface area contributed by atoms with Crippen LogP contribution in [-0.4, -0.2) is 227 Å². The van der Waals surface area contributed by atoms with Gasteiger partial charge < -0.3 is 60.1 Å². The molecule has 2 heterocycles. The number of nitrogens with zero attached hydrogens (tertiary/aromatic N) is 7. The van der Waals surface area contributed by atoms with Gasteiger partial charge in [-0.3, -0.25) is 52.7 Å². The second-order valence-corrected chi connectivity index (χ2v) is 27.2. The smallest absolute Gasteiger partial charge is 0.246 e. The number of ether oxygens (including phenoxy) is 1. The fourth-order valence-electron chi connectivity index (χ4n) is 11.4. The molecule has 0 aromatic heterocycles. The molecule has 13 atom stereocenters. The van der Waals surface area contributed by atoms with E-state index >= 15 is 9.59 Å². The Morgan fingerprint density at radius 3 is 1.29 bits per heavy atom. The topological polar surface area (TPSA) is 276 Å². The fourth-order valence-corrected chi connectivity index (χ4v) is 11.4. The fraction of sp³-hybridized carbons (Fsp3) is 0.823. The summed E-state index contributed by atoms with van der Waals surface area (Å²) < 4.78 is 5.95. The Kier molecular flexibility index (Phi) is 29.1. The summed E-state index contributed by atoms with van der Waals surface area (Å²) in [5.74, 6) is -10.5. The van der Waals surface area contributed by atoms with Crippen LogP contribution in [0.1, 0.15) is 156 Å². The molecule has 486 valence electrons. The molecule has 4 N–H and O–H groups in total. The number of ketones is 1. The van der Waals surface area contributed by atoms with Gasteiger partial charge in [-0.15, -0.1) is 0 Å². The van der Waals surface area contributed by atoms with E-state index in [4.69, 9.17) is 4.74 Å². The van der Waals surface area contributed by atoms with Crippen molar-refractivity contribution < 1.29 is 62.6 Å². The van der Waals surface area contributed by atoms with Crippen LogP contribution in [0, 0.1) is 53.3 Å². The molecular weight excluding hydrogens is 1090 g/mol. The predicted molar refractivity (Wildman–Crippen MR) is 324 cm³/mol. The van der Waals surface area contributed by atoms with E-state index in [2.05, 4.69) is 16.0 Å². The second kappa shape index (κ2) is 32.9. The Morgan fingerprint density at radius 1 is 0.459 bits per heavy atom. The standard InChI is InChI=1S/C62H110N10O13/c1-32(2)25-42-55(77)64-50(37(11)12)61(83)68(20)43(26-33(3)4)54(76)63-41(17)46(73)29-40(16)57(79)69(21)44(27-34(5)6)58(80)70(22)45(28-35(7)8)59(81)71(23)51(38(13)14)62(84)72(24)52(53-39(15)30-48(75)85-53)56(78)65-49(36(9)10)60(82)66(18)31-47(74)67(42)19/h32-45,48-53,75H,25-31H2,1-24H3,(H,63,76)(H,64,77)(H,65,78)/t39-,40-,41-,42+,43-,44-,45-,48?,49-,50-,51-,52-,53-/m1/s1. The summed E-state index contributed by atoms with van der Waals surface area (Å²) >= 11 is 0. The lowest BCUT2D eigenvalue weighted by molar-refractivity contribution is -0.161. The van der Waals surface area contributed by atoms with E-state index in [1.54, 1.807) is 55.4 Å². The van der Waals surface area contributed by atoms with Gasteiger partial charge in [0.2, 0.25) is 59.1 Å². The number of Topliss-reactive ketones (excluding diaryl/α,β-unsaturated/α-hetero) is 1. The SMILES string of the molecule is CC(C)C[C@@H]1C(=O)N(C)[C@H](CC(C)C)C(=O)N(C)[C@H](C(C)C)C(=O)N(C)[C@H]([C@@H]2OC(O)C[C@H]2C)C(=O)N[C@H](C(C)C)C(=O)N(C)CC(=O)N(C)[C@@H](CC(C)C)C(=O)N[C@H](C(C)C)C(=O)N(C)[C@H](CC(C)C)C(=O)N[C@H](C)C(=O)C[C@@H](C)C(=O)N1C. The first-order valence-corrected chi connectivity index (χ1v) is 30.7. The van der Waals surface area contributed by atoms with Gasteiger partial charge in [-0.1, -0.05) is 111 Å². The van der Waals surface area contributed by atoms with E-state index in [0.29, 0.717) is 0 Å². The van der Waals surface area contributed by atoms with Crippen LogP contribution in [0.25, 0.3) is 0 Å². The highest BCUT2D eigenvalue weighted by Gasteiger charge is 2.49. The molecule has 23 heteroatoms. The summed E-state index contributed by atoms with van der Waals surface area (Å²) in [5.41, 5.74) is 0. The minimum Gasteiger partial charge on any atom is -0.368 e. The Hall–Kier alpha value is -5.71. The molecule has 2 aliphatic heterocycles. The van der Waals surface area contributed by atoms with Crippen LogP contribution in [0.3, 0.4) is 0 Å². The highest BCUT2D eigenvalue weighted by atomic mass is 16.6. The molecule has 10 amide bonds. The molecule has 85 heavy (non-hydrogen) atoms. The zero-order valence-electron chi connectivity index (χ0n) is 56.0. The average Bonchev–Trinajstić information content (AvgIpc) is 3.53. The molecule has 0 saturated carbocycles. The molecule has 0 aromatic rings. The van der Waals surface area contributed by atoms with E-state index in [-0.39, 0.29) is 62.2 Å². The molecule has 23 nitrogen and oxygen atoms in total. The van der Waals surface area contributed by atoms with Gasteiger partial charge in [0.1, 0.15) is 48.3 Å². The van der Waals surface area contributed by atoms with Crippen molar-refractivity contribution in [3.8, 4) is 0 Å². The largest absolute Gasteiger partial charge is 0.368 e. The van der Waals surface area contributed by atoms with Gasteiger partial charge in [-0.25, -0.2) is 0 Å². The summed E-state index contributed by atoms with van der Waals surface area (Å²) in [5, 5.41) is 19.2. The van der Waals surface area contributed by atoms with Crippen molar-refractivity contribution in [1.82, 2.24) is 50.2 Å². The number of aliphatic hydroxyl groups excluding tert-OH is 1. The van der Waals surface area contributed by atoms with E-state index < -0.39 is 168 Å². The Balaban J connectivity index is 2.97. The molecule has 2 aliphatic rings. The third kappa shape index (κ3) is 20.2. The monoisotopic (exact) mass is 1200 g/mol. The first-order chi connectivity index (χ1) is 39.1. The van der Waals surface area contributed by atoms with E-state index in [0.717, 1.165) is 4.90 Å². The van der Waals surface area contributed by atoms with Crippen molar-refractivity contribution in [2.75, 3.05) is 55.9 Å². The van der Waals surface area contributed by atoms with Gasteiger partial charge in [0.25, 0.3) is 0 Å². The maximum absolute atomic E-state index is 15.2. The summed E-state index contributed by atoms with van der Waals surface area (Å²) in [6, 6.07) is -10.7. The molecule has 1 unspecified atom stereocenters. The van der Waals surface area contributed by atoms with Gasteiger partial charge in [0.15, 0.2) is 12.1 Å². The van der Waals surface area contributed by atoms with Crippen molar-refractivity contribution in [3.05, 3.63) is 0 Å². The van der Waals surface area contributed by atoms with Gasteiger partial charge >= 0.3 is 0 Å². The maximum atomic E-state index is 15.2. The van der Waals surface area contributed by atoms with E-state index in [1.165, 1.54) is 85.7 Å². The average molecular weight is 1200 g/mol. The van der Waals surface area contributed by atoms with Crippen LogP contribution in [-0.2, 0) is 57.5 Å². The second-order valence-electron chi connectivity index (χ2n) is 27.2. The van der Waals surface area contributed by atoms with Gasteiger partial charge in [0.05, 0.1) is 18.7 Å². The minimum atomic E-state index is -1.47. The third-order valence-electron chi connectivity index (χ3n) is 16.7. The molecule has 2 fully saturated rings. The third-order valence-corrected chi connectivity index (χ3v) is 16.7. The van der Waals surface area contributed by atoms with Crippen LogP contribution in [0.4, 0.5) is 0 Å². The van der Waals surface area contributed by atoms with E-state index in [1.807, 2.05) is 55.4 Å². The lowest BCUT2D eigenvalue weighted by Gasteiger charge is -2.41. The number of amides is 10. The number of hydrogen-bond acceptors (Lipinski definition) is 13. The number of rotatable bonds is 12. The van der Waals surface area contributed by atoms with Crippen LogP contribution in [0.2, 0.25) is 0 Å². The predicted octanol–water partition coefficient (Wildman–Crippen LogP) is 3.39. The Bertz CT molecular complexity index is 2340. The molecule has 0 aliphatic carbocycles. The van der Waals surface area contributed by atoms with E-state index in [9.17, 15) is 48.3 Å². The number of carbonyl (C=O) groups excluding carboxylic acids is 11. The summed E-state index contributed by atoms with van der Waals surface area (Å²) in [4.78, 5) is 170. The molecule has 0 aromatic carbocycles. The van der Waals surface area contributed by atoms with Crippen molar-refractivity contribution in [1.29, 1.82) is 0 Å². The summed E-state index contributed by atoms with van der Waals surface area (Å²) in [7, 11) is 10.1. The zero-order valence-corrected chi connectivity index (χ0v) is 56.0. The number of hydrogen-bond donors (Lipinski definition) is 4. The highest BCUT2D eigenvalue weighted by molar-refractivity contribution is 5.99. The van der Waals surface area contributed by atoms with Crippen molar-refractivity contribution in [2.45, 2.75) is 223 Å². The maximum Gasteiger partial charge on any atom is 0.246 e. The quantitative estimate of drug-likeness (QED) is 0.219. The number of likely N-dealkylation sites (N-methyl/N-ethyl adjacent to an activating group) is 7. The minimum absolute atomic E-state index is 0.115. The molecule has 0 spiro atoms. The van der Waals surface area contributed by atoms with Gasteiger partial charge in [0, 0.05) is 68.1 Å². The summed E-state index contributed by atoms with van der Waals surface area (Å²) in [6.07, 6.45) is -1.88. The van der Waals surface area contributed by atoms with Crippen LogP contribution < -0.4 is 16.0 Å². The normalized spacial score (nSPS) is 29.8. The van der Waals surface area contributed by atoms with Crippen molar-refractivity contribution in [3.63, 3.8) is 0 Å². The van der Waals surface area contributed by atoms with Crippen LogP contribution in [0.15, 0.2) is 0 Å². The number of nitrogens with one attached hydrogen (secondary N) is 3. The molecule has 2 rings (SSSR count). The van der Waals surface area contributed by atoms with Crippen molar-refractivity contribution >= 4 is 64.9 Å². The van der Waals surface area contributed by atoms with Crippen molar-refractivity contribution in [2.24, 2.45) is 53.3 Å². The zero-order chi connectivity index (χ0) is 65.7.